The van der Waals surface area contributed by atoms with Crippen molar-refractivity contribution in [3.8, 4) is 5.75 Å². The van der Waals surface area contributed by atoms with Gasteiger partial charge >= 0.3 is 6.03 Å². The third kappa shape index (κ3) is 4.90. The molecule has 2 atom stereocenters. The van der Waals surface area contributed by atoms with E-state index in [0.717, 1.165) is 35.8 Å². The van der Waals surface area contributed by atoms with Crippen LogP contribution in [0.25, 0.3) is 0 Å². The van der Waals surface area contributed by atoms with Crippen LogP contribution in [0.4, 0.5) is 4.79 Å². The molecule has 158 valence electrons. The maximum atomic E-state index is 12.6. The molecule has 1 aromatic carbocycles. The van der Waals surface area contributed by atoms with E-state index in [4.69, 9.17) is 4.74 Å². The molecule has 0 unspecified atom stereocenters. The quantitative estimate of drug-likeness (QED) is 0.750. The molecule has 1 fully saturated rings. The Hall–Kier alpha value is -2.54. The van der Waals surface area contributed by atoms with Crippen molar-refractivity contribution in [3.63, 3.8) is 0 Å². The molecule has 2 amide bonds. The van der Waals surface area contributed by atoms with E-state index in [-0.39, 0.29) is 18.1 Å². The summed E-state index contributed by atoms with van der Waals surface area (Å²) in [4.78, 5) is 15.1. The third-order valence-corrected chi connectivity index (χ3v) is 5.88. The molecular formula is C22H33N5O2. The molecule has 1 aromatic heterocycles. The highest BCUT2D eigenvalue weighted by atomic mass is 16.5. The molecule has 2 heterocycles. The van der Waals surface area contributed by atoms with E-state index >= 15 is 0 Å². The zero-order valence-electron chi connectivity index (χ0n) is 18.2. The number of carbonyl (C=O) groups excluding carboxylic acids is 1. The highest BCUT2D eigenvalue weighted by molar-refractivity contribution is 5.74. The Labute approximate surface area is 173 Å². The van der Waals surface area contributed by atoms with Gasteiger partial charge in [0.05, 0.1) is 24.9 Å². The number of nitrogens with one attached hydrogen (secondary N) is 2. The molecule has 7 heteroatoms. The van der Waals surface area contributed by atoms with Gasteiger partial charge in [-0.1, -0.05) is 12.1 Å². The van der Waals surface area contributed by atoms with Crippen LogP contribution in [0.15, 0.2) is 24.3 Å². The molecule has 0 aliphatic carbocycles. The fourth-order valence-corrected chi connectivity index (χ4v) is 4.26. The molecule has 1 aliphatic rings. The topological polar surface area (TPSA) is 71.4 Å². The van der Waals surface area contributed by atoms with Crippen LogP contribution in [0, 0.1) is 13.8 Å². The molecule has 2 N–H and O–H groups in total. The van der Waals surface area contributed by atoms with E-state index in [1.54, 1.807) is 7.11 Å². The summed E-state index contributed by atoms with van der Waals surface area (Å²) in [5.41, 5.74) is 4.29. The monoisotopic (exact) mass is 399 g/mol. The lowest BCUT2D eigenvalue weighted by atomic mass is 10.1. The van der Waals surface area contributed by atoms with Crippen molar-refractivity contribution in [1.82, 2.24) is 25.3 Å². The van der Waals surface area contributed by atoms with E-state index in [9.17, 15) is 4.79 Å². The van der Waals surface area contributed by atoms with E-state index in [1.807, 2.05) is 44.6 Å². The van der Waals surface area contributed by atoms with Gasteiger partial charge in [-0.2, -0.15) is 5.10 Å². The van der Waals surface area contributed by atoms with Gasteiger partial charge in [-0.15, -0.1) is 0 Å². The Morgan fingerprint density at radius 1 is 1.21 bits per heavy atom. The molecule has 2 aromatic rings. The summed E-state index contributed by atoms with van der Waals surface area (Å²) in [6, 6.07) is 8.04. The van der Waals surface area contributed by atoms with Gasteiger partial charge in [0.1, 0.15) is 5.75 Å². The molecule has 0 saturated carbocycles. The van der Waals surface area contributed by atoms with Crippen LogP contribution in [0.2, 0.25) is 0 Å². The van der Waals surface area contributed by atoms with Gasteiger partial charge in [-0.05, 0) is 64.4 Å². The van der Waals surface area contributed by atoms with Gasteiger partial charge in [0, 0.05) is 24.8 Å². The Morgan fingerprint density at radius 3 is 2.41 bits per heavy atom. The van der Waals surface area contributed by atoms with Crippen LogP contribution in [-0.2, 0) is 7.05 Å². The third-order valence-electron chi connectivity index (χ3n) is 5.88. The number of aryl methyl sites for hydroxylation is 2. The molecule has 1 saturated heterocycles. The summed E-state index contributed by atoms with van der Waals surface area (Å²) in [5.74, 6) is 0.843. The first-order valence-corrected chi connectivity index (χ1v) is 10.3. The first-order valence-electron chi connectivity index (χ1n) is 10.3. The lowest BCUT2D eigenvalue weighted by molar-refractivity contribution is 0.219. The Bertz CT molecular complexity index is 824. The minimum atomic E-state index is -0.155. The average Bonchev–Trinajstić information content (AvgIpc) is 3.31. The van der Waals surface area contributed by atoms with E-state index in [2.05, 4.69) is 32.8 Å². The molecule has 0 radical (unpaired) electrons. The van der Waals surface area contributed by atoms with E-state index in [0.29, 0.717) is 6.54 Å². The van der Waals surface area contributed by atoms with Crippen molar-refractivity contribution in [2.45, 2.75) is 45.7 Å². The molecule has 7 nitrogen and oxygen atoms in total. The summed E-state index contributed by atoms with van der Waals surface area (Å²) >= 11 is 0. The number of hydrogen-bond acceptors (Lipinski definition) is 4. The van der Waals surface area contributed by atoms with E-state index < -0.39 is 0 Å². The second-order valence-electron chi connectivity index (χ2n) is 7.82. The molecule has 3 rings (SSSR count). The Balaban J connectivity index is 1.64. The van der Waals surface area contributed by atoms with Crippen molar-refractivity contribution < 1.29 is 9.53 Å². The van der Waals surface area contributed by atoms with Crippen molar-refractivity contribution in [3.05, 3.63) is 46.8 Å². The number of carbonyl (C=O) groups is 1. The number of ether oxygens (including phenoxy) is 1. The second kappa shape index (κ2) is 9.31. The van der Waals surface area contributed by atoms with Gasteiger partial charge < -0.3 is 15.4 Å². The smallest absolute Gasteiger partial charge is 0.315 e. The van der Waals surface area contributed by atoms with Crippen LogP contribution in [0.1, 0.15) is 54.4 Å². The minimum absolute atomic E-state index is 0.102. The van der Waals surface area contributed by atoms with Crippen LogP contribution in [0.3, 0.4) is 0 Å². The maximum Gasteiger partial charge on any atom is 0.315 e. The predicted molar refractivity (Wildman–Crippen MR) is 114 cm³/mol. The first kappa shape index (κ1) is 21.2. The summed E-state index contributed by atoms with van der Waals surface area (Å²) in [7, 11) is 3.60. The number of amides is 2. The average molecular weight is 400 g/mol. The van der Waals surface area contributed by atoms with Gasteiger partial charge in [-0.25, -0.2) is 4.79 Å². The molecular weight excluding hydrogens is 366 g/mol. The number of urea groups is 1. The number of benzene rings is 1. The second-order valence-corrected chi connectivity index (χ2v) is 7.82. The SMILES string of the molecule is COc1ccc([C@H](CNC(=O)N[C@H](C)c2c(C)nn(C)c2C)N2CCCC2)cc1. The summed E-state index contributed by atoms with van der Waals surface area (Å²) < 4.78 is 7.13. The lowest BCUT2D eigenvalue weighted by Gasteiger charge is -2.28. The first-order chi connectivity index (χ1) is 13.9. The highest BCUT2D eigenvalue weighted by Gasteiger charge is 2.25. The molecule has 29 heavy (non-hydrogen) atoms. The van der Waals surface area contributed by atoms with Crippen molar-refractivity contribution >= 4 is 6.03 Å². The summed E-state index contributed by atoms with van der Waals surface area (Å²) in [5, 5.41) is 10.6. The van der Waals surface area contributed by atoms with Crippen LogP contribution >= 0.6 is 0 Å². The van der Waals surface area contributed by atoms with Crippen molar-refractivity contribution in [2.75, 3.05) is 26.7 Å². The normalized spacial score (nSPS) is 16.4. The Morgan fingerprint density at radius 2 is 1.86 bits per heavy atom. The fourth-order valence-electron chi connectivity index (χ4n) is 4.26. The van der Waals surface area contributed by atoms with Gasteiger partial charge in [0.25, 0.3) is 0 Å². The zero-order valence-corrected chi connectivity index (χ0v) is 18.2. The minimum Gasteiger partial charge on any atom is -0.497 e. The molecule has 0 spiro atoms. The standard InChI is InChI=1S/C22H33N5O2/c1-15(21-16(2)25-26(4)17(21)3)24-22(28)23-14-20(27-12-6-7-13-27)18-8-10-19(29-5)11-9-18/h8-11,15,20H,6-7,12-14H2,1-5H3,(H2,23,24,28)/t15-,20+/m1/s1. The number of rotatable bonds is 7. The van der Waals surface area contributed by atoms with Crippen LogP contribution in [0.5, 0.6) is 5.75 Å². The van der Waals surface area contributed by atoms with Crippen LogP contribution in [-0.4, -0.2) is 47.5 Å². The number of methoxy groups -OCH3 is 1. The fraction of sp³-hybridized carbons (Fsp3) is 0.545. The number of nitrogens with zero attached hydrogens (tertiary/aromatic N) is 3. The molecule has 1 aliphatic heterocycles. The van der Waals surface area contributed by atoms with Gasteiger partial charge in [0.2, 0.25) is 0 Å². The number of hydrogen-bond donors (Lipinski definition) is 2. The van der Waals surface area contributed by atoms with Gasteiger partial charge in [0.15, 0.2) is 0 Å². The van der Waals surface area contributed by atoms with Crippen molar-refractivity contribution in [1.29, 1.82) is 0 Å². The number of aromatic nitrogens is 2. The highest BCUT2D eigenvalue weighted by Crippen LogP contribution is 2.26. The zero-order chi connectivity index (χ0) is 21.0. The maximum absolute atomic E-state index is 12.6. The summed E-state index contributed by atoms with van der Waals surface area (Å²) in [6.07, 6.45) is 2.41. The van der Waals surface area contributed by atoms with Crippen LogP contribution < -0.4 is 15.4 Å². The summed E-state index contributed by atoms with van der Waals surface area (Å²) in [6.45, 7) is 8.69. The van der Waals surface area contributed by atoms with Crippen molar-refractivity contribution in [2.24, 2.45) is 7.05 Å². The van der Waals surface area contributed by atoms with E-state index in [1.165, 1.54) is 18.4 Å². The number of likely N-dealkylation sites (tertiary alicyclic amines) is 1. The predicted octanol–water partition coefficient (Wildman–Crippen LogP) is 3.24. The largest absolute Gasteiger partial charge is 0.497 e. The van der Waals surface area contributed by atoms with Gasteiger partial charge in [-0.3, -0.25) is 9.58 Å². The Kier molecular flexibility index (Phi) is 6.79. The lowest BCUT2D eigenvalue weighted by Crippen LogP contribution is -2.42. The molecule has 0 bridgehead atoms.